The molecule has 6 nitrogen and oxygen atoms in total. The fourth-order valence-electron chi connectivity index (χ4n) is 2.68. The SMILES string of the molecule is CC(C)CCN1CCc2c(nc(-c3cncnc3)[nH]c2=O)C1. The van der Waals surface area contributed by atoms with Crippen molar-refractivity contribution in [1.29, 1.82) is 0 Å². The number of H-pyrrole nitrogens is 1. The first kappa shape index (κ1) is 14.8. The number of nitrogens with zero attached hydrogens (tertiary/aromatic N) is 4. The van der Waals surface area contributed by atoms with Crippen LogP contribution >= 0.6 is 0 Å². The highest BCUT2D eigenvalue weighted by atomic mass is 16.1. The fraction of sp³-hybridized carbons (Fsp3) is 0.500. The van der Waals surface area contributed by atoms with Crippen molar-refractivity contribution < 1.29 is 0 Å². The first-order valence-corrected chi connectivity index (χ1v) is 7.73. The van der Waals surface area contributed by atoms with Gasteiger partial charge in [-0.2, -0.15) is 0 Å². The molecule has 2 aromatic rings. The Balaban J connectivity index is 1.86. The Morgan fingerprint density at radius 2 is 2.09 bits per heavy atom. The van der Waals surface area contributed by atoms with E-state index in [0.29, 0.717) is 11.7 Å². The summed E-state index contributed by atoms with van der Waals surface area (Å²) >= 11 is 0. The van der Waals surface area contributed by atoms with Gasteiger partial charge in [0.15, 0.2) is 0 Å². The van der Waals surface area contributed by atoms with Gasteiger partial charge in [-0.05, 0) is 25.3 Å². The van der Waals surface area contributed by atoms with Gasteiger partial charge in [0.1, 0.15) is 12.2 Å². The smallest absolute Gasteiger partial charge is 0.254 e. The molecule has 2 aromatic heterocycles. The zero-order valence-electron chi connectivity index (χ0n) is 13.0. The molecule has 3 rings (SSSR count). The lowest BCUT2D eigenvalue weighted by Crippen LogP contribution is -2.36. The lowest BCUT2D eigenvalue weighted by atomic mass is 10.0. The molecule has 0 saturated heterocycles. The fourth-order valence-corrected chi connectivity index (χ4v) is 2.68. The monoisotopic (exact) mass is 299 g/mol. The van der Waals surface area contributed by atoms with Crippen molar-refractivity contribution in [3.63, 3.8) is 0 Å². The largest absolute Gasteiger partial charge is 0.306 e. The Morgan fingerprint density at radius 3 is 2.82 bits per heavy atom. The van der Waals surface area contributed by atoms with Gasteiger partial charge in [-0.3, -0.25) is 9.69 Å². The summed E-state index contributed by atoms with van der Waals surface area (Å²) in [4.78, 5) is 30.1. The second kappa shape index (κ2) is 6.36. The summed E-state index contributed by atoms with van der Waals surface area (Å²) in [6.45, 7) is 7.18. The highest BCUT2D eigenvalue weighted by Gasteiger charge is 2.21. The molecule has 1 aliphatic heterocycles. The molecule has 0 aromatic carbocycles. The second-order valence-electron chi connectivity index (χ2n) is 6.18. The molecule has 22 heavy (non-hydrogen) atoms. The third-order valence-electron chi connectivity index (χ3n) is 4.01. The molecule has 1 aliphatic rings. The summed E-state index contributed by atoms with van der Waals surface area (Å²) < 4.78 is 0. The van der Waals surface area contributed by atoms with Gasteiger partial charge in [0.25, 0.3) is 5.56 Å². The van der Waals surface area contributed by atoms with Crippen LogP contribution in [0.4, 0.5) is 0 Å². The molecular formula is C16H21N5O. The van der Waals surface area contributed by atoms with Gasteiger partial charge in [0, 0.05) is 31.0 Å². The van der Waals surface area contributed by atoms with Crippen LogP contribution in [0.3, 0.4) is 0 Å². The Labute approximate surface area is 129 Å². The highest BCUT2D eigenvalue weighted by molar-refractivity contribution is 5.52. The lowest BCUT2D eigenvalue weighted by molar-refractivity contribution is 0.235. The van der Waals surface area contributed by atoms with Crippen molar-refractivity contribution in [3.8, 4) is 11.4 Å². The van der Waals surface area contributed by atoms with E-state index in [2.05, 4.69) is 38.7 Å². The summed E-state index contributed by atoms with van der Waals surface area (Å²) in [5, 5.41) is 0. The summed E-state index contributed by atoms with van der Waals surface area (Å²) in [5.74, 6) is 1.24. The van der Waals surface area contributed by atoms with E-state index in [-0.39, 0.29) is 5.56 Å². The lowest BCUT2D eigenvalue weighted by Gasteiger charge is -2.28. The number of hydrogen-bond donors (Lipinski definition) is 1. The van der Waals surface area contributed by atoms with Gasteiger partial charge in [-0.25, -0.2) is 15.0 Å². The van der Waals surface area contributed by atoms with E-state index in [9.17, 15) is 4.79 Å². The van der Waals surface area contributed by atoms with Crippen LogP contribution in [0.15, 0.2) is 23.5 Å². The Hall–Kier alpha value is -2.08. The molecule has 0 amide bonds. The number of aromatic amines is 1. The van der Waals surface area contributed by atoms with E-state index >= 15 is 0 Å². The molecule has 0 fully saturated rings. The van der Waals surface area contributed by atoms with Gasteiger partial charge >= 0.3 is 0 Å². The van der Waals surface area contributed by atoms with Crippen molar-refractivity contribution >= 4 is 0 Å². The van der Waals surface area contributed by atoms with Crippen LogP contribution in [0, 0.1) is 5.92 Å². The normalized spacial score (nSPS) is 15.0. The van der Waals surface area contributed by atoms with Crippen LogP contribution in [-0.2, 0) is 13.0 Å². The van der Waals surface area contributed by atoms with Gasteiger partial charge < -0.3 is 4.98 Å². The third-order valence-corrected chi connectivity index (χ3v) is 4.01. The molecule has 6 heteroatoms. The first-order valence-electron chi connectivity index (χ1n) is 7.73. The molecule has 116 valence electrons. The van der Waals surface area contributed by atoms with Crippen LogP contribution in [0.1, 0.15) is 31.5 Å². The molecule has 0 saturated carbocycles. The van der Waals surface area contributed by atoms with Crippen molar-refractivity contribution in [2.75, 3.05) is 13.1 Å². The number of rotatable bonds is 4. The van der Waals surface area contributed by atoms with Crippen molar-refractivity contribution in [3.05, 3.63) is 40.3 Å². The number of hydrogen-bond acceptors (Lipinski definition) is 5. The Bertz CT molecular complexity index is 695. The molecule has 1 N–H and O–H groups in total. The van der Waals surface area contributed by atoms with Crippen molar-refractivity contribution in [2.45, 2.75) is 33.2 Å². The van der Waals surface area contributed by atoms with Crippen LogP contribution in [-0.4, -0.2) is 37.9 Å². The van der Waals surface area contributed by atoms with Crippen LogP contribution in [0.25, 0.3) is 11.4 Å². The molecular weight excluding hydrogens is 278 g/mol. The maximum Gasteiger partial charge on any atom is 0.254 e. The van der Waals surface area contributed by atoms with Gasteiger partial charge in [0.2, 0.25) is 0 Å². The Morgan fingerprint density at radius 1 is 1.32 bits per heavy atom. The first-order chi connectivity index (χ1) is 10.6. The van der Waals surface area contributed by atoms with Crippen LogP contribution in [0.5, 0.6) is 0 Å². The van der Waals surface area contributed by atoms with E-state index < -0.39 is 0 Å². The topological polar surface area (TPSA) is 74.8 Å². The molecule has 0 atom stereocenters. The van der Waals surface area contributed by atoms with Gasteiger partial charge in [-0.15, -0.1) is 0 Å². The molecule has 0 unspecified atom stereocenters. The van der Waals surface area contributed by atoms with E-state index in [4.69, 9.17) is 0 Å². The Kier molecular flexibility index (Phi) is 4.29. The van der Waals surface area contributed by atoms with E-state index in [1.807, 2.05) is 0 Å². The van der Waals surface area contributed by atoms with Crippen LogP contribution < -0.4 is 5.56 Å². The van der Waals surface area contributed by atoms with Gasteiger partial charge in [0.05, 0.1) is 11.3 Å². The maximum atomic E-state index is 12.3. The third kappa shape index (κ3) is 3.22. The molecule has 0 aliphatic carbocycles. The van der Waals surface area contributed by atoms with E-state index in [0.717, 1.165) is 49.3 Å². The summed E-state index contributed by atoms with van der Waals surface area (Å²) in [6, 6.07) is 0. The number of nitrogens with one attached hydrogen (secondary N) is 1. The molecule has 0 bridgehead atoms. The predicted octanol–water partition coefficient (Wildman–Crippen LogP) is 1.63. The zero-order valence-corrected chi connectivity index (χ0v) is 13.0. The zero-order chi connectivity index (χ0) is 15.5. The quantitative estimate of drug-likeness (QED) is 0.928. The van der Waals surface area contributed by atoms with E-state index in [1.54, 1.807) is 12.4 Å². The number of aromatic nitrogens is 4. The van der Waals surface area contributed by atoms with Gasteiger partial charge in [-0.1, -0.05) is 13.8 Å². The molecule has 0 radical (unpaired) electrons. The molecule has 3 heterocycles. The van der Waals surface area contributed by atoms with E-state index in [1.165, 1.54) is 6.33 Å². The number of fused-ring (bicyclic) bond motifs is 1. The summed E-state index contributed by atoms with van der Waals surface area (Å²) in [5.41, 5.74) is 2.41. The standard InChI is InChI=1S/C16H21N5O/c1-11(2)3-5-21-6-4-13-14(9-21)19-15(20-16(13)22)12-7-17-10-18-8-12/h7-8,10-11H,3-6,9H2,1-2H3,(H,19,20,22). The second-order valence-corrected chi connectivity index (χ2v) is 6.18. The average molecular weight is 299 g/mol. The summed E-state index contributed by atoms with van der Waals surface area (Å²) in [6.07, 6.45) is 6.72. The minimum absolute atomic E-state index is 0.0348. The summed E-state index contributed by atoms with van der Waals surface area (Å²) in [7, 11) is 0. The molecule has 0 spiro atoms. The van der Waals surface area contributed by atoms with Crippen LogP contribution in [0.2, 0.25) is 0 Å². The predicted molar refractivity (Wildman–Crippen MR) is 84.3 cm³/mol. The van der Waals surface area contributed by atoms with Crippen molar-refractivity contribution in [2.24, 2.45) is 5.92 Å². The average Bonchev–Trinajstić information content (AvgIpc) is 2.53. The van der Waals surface area contributed by atoms with Crippen molar-refractivity contribution in [1.82, 2.24) is 24.8 Å². The highest BCUT2D eigenvalue weighted by Crippen LogP contribution is 2.18. The maximum absolute atomic E-state index is 12.3. The minimum Gasteiger partial charge on any atom is -0.306 e. The minimum atomic E-state index is -0.0348.